The van der Waals surface area contributed by atoms with Crippen molar-refractivity contribution in [2.75, 3.05) is 5.73 Å². The summed E-state index contributed by atoms with van der Waals surface area (Å²) >= 11 is 5.94. The summed E-state index contributed by atoms with van der Waals surface area (Å²) in [6, 6.07) is 13.3. The lowest BCUT2D eigenvalue weighted by Gasteiger charge is -2.14. The predicted molar refractivity (Wildman–Crippen MR) is 88.3 cm³/mol. The molecule has 0 bridgehead atoms. The molecule has 3 aromatic rings. The molecule has 3 N–H and O–H groups in total. The molecule has 2 heterocycles. The topological polar surface area (TPSA) is 78.5 Å². The van der Waals surface area contributed by atoms with Crippen molar-refractivity contribution in [1.29, 1.82) is 5.26 Å². The Morgan fingerprint density at radius 1 is 1.23 bits per heavy atom. The van der Waals surface area contributed by atoms with Gasteiger partial charge in [-0.1, -0.05) is 23.7 Å². The van der Waals surface area contributed by atoms with Crippen molar-refractivity contribution in [2.45, 2.75) is 6.92 Å². The fourth-order valence-electron chi connectivity index (χ4n) is 2.52. The Morgan fingerprint density at radius 3 is 2.55 bits per heavy atom. The Hall–Kier alpha value is -2.77. The van der Waals surface area contributed by atoms with Crippen molar-refractivity contribution < 1.29 is 0 Å². The van der Waals surface area contributed by atoms with Crippen LogP contribution in [-0.2, 0) is 0 Å². The number of anilines is 1. The highest BCUT2D eigenvalue weighted by molar-refractivity contribution is 6.30. The van der Waals surface area contributed by atoms with Gasteiger partial charge in [-0.25, -0.2) is 4.98 Å². The molecule has 4 nitrogen and oxygen atoms in total. The van der Waals surface area contributed by atoms with E-state index < -0.39 is 0 Å². The number of H-pyrrole nitrogens is 1. The maximum Gasteiger partial charge on any atom is 0.142 e. The maximum absolute atomic E-state index is 9.42. The minimum Gasteiger partial charge on any atom is -0.383 e. The summed E-state index contributed by atoms with van der Waals surface area (Å²) < 4.78 is 0. The van der Waals surface area contributed by atoms with E-state index in [4.69, 9.17) is 17.3 Å². The van der Waals surface area contributed by atoms with Crippen LogP contribution in [0.1, 0.15) is 11.1 Å². The van der Waals surface area contributed by atoms with E-state index in [1.54, 1.807) is 12.1 Å². The normalized spacial score (nSPS) is 10.4. The molecule has 0 fully saturated rings. The average Bonchev–Trinajstić information content (AvgIpc) is 3.03. The molecule has 108 valence electrons. The summed E-state index contributed by atoms with van der Waals surface area (Å²) in [7, 11) is 0. The van der Waals surface area contributed by atoms with Crippen molar-refractivity contribution in [3.8, 4) is 28.6 Å². The van der Waals surface area contributed by atoms with Gasteiger partial charge in [0.25, 0.3) is 0 Å². The lowest BCUT2D eigenvalue weighted by molar-refractivity contribution is 1.24. The van der Waals surface area contributed by atoms with Crippen LogP contribution in [0.5, 0.6) is 0 Å². The molecule has 0 amide bonds. The molecule has 0 aliphatic carbocycles. The Labute approximate surface area is 133 Å². The van der Waals surface area contributed by atoms with E-state index in [-0.39, 0.29) is 5.82 Å². The number of aromatic amines is 1. The molecule has 3 rings (SSSR count). The fraction of sp³-hybridized carbons (Fsp3) is 0.0588. The average molecular weight is 309 g/mol. The standard InChI is InChI=1S/C17H13ClN4/c1-10-15(14-3-2-8-21-14)13(9-19)17(20)22-16(10)11-4-6-12(18)7-5-11/h2-8,21H,1H3,(H2,20,22). The van der Waals surface area contributed by atoms with Gasteiger partial charge in [-0.3, -0.25) is 0 Å². The molecule has 0 spiro atoms. The molecular formula is C17H13ClN4. The summed E-state index contributed by atoms with van der Waals surface area (Å²) in [5, 5.41) is 10.1. The number of hydrogen-bond acceptors (Lipinski definition) is 3. The van der Waals surface area contributed by atoms with E-state index in [0.717, 1.165) is 28.1 Å². The molecule has 0 aliphatic rings. The van der Waals surface area contributed by atoms with Gasteiger partial charge in [-0.05, 0) is 36.8 Å². The van der Waals surface area contributed by atoms with Crippen LogP contribution in [0.3, 0.4) is 0 Å². The van der Waals surface area contributed by atoms with E-state index in [1.165, 1.54) is 0 Å². The summed E-state index contributed by atoms with van der Waals surface area (Å²) in [5.41, 5.74) is 10.6. The molecule has 5 heteroatoms. The third-order valence-electron chi connectivity index (χ3n) is 3.57. The monoisotopic (exact) mass is 308 g/mol. The van der Waals surface area contributed by atoms with Crippen LogP contribution < -0.4 is 5.73 Å². The van der Waals surface area contributed by atoms with Crippen LogP contribution in [0.2, 0.25) is 5.02 Å². The third kappa shape index (κ3) is 2.32. The largest absolute Gasteiger partial charge is 0.383 e. The van der Waals surface area contributed by atoms with Gasteiger partial charge >= 0.3 is 0 Å². The zero-order chi connectivity index (χ0) is 15.7. The number of nitrogens with two attached hydrogens (primary N) is 1. The van der Waals surface area contributed by atoms with Gasteiger partial charge in [0, 0.05) is 28.0 Å². The summed E-state index contributed by atoms with van der Waals surface area (Å²) in [6.45, 7) is 1.94. The molecule has 0 saturated carbocycles. The molecule has 0 atom stereocenters. The van der Waals surface area contributed by atoms with Crippen molar-refractivity contribution in [1.82, 2.24) is 9.97 Å². The molecule has 0 aliphatic heterocycles. The van der Waals surface area contributed by atoms with Gasteiger partial charge < -0.3 is 10.7 Å². The highest BCUT2D eigenvalue weighted by Crippen LogP contribution is 2.35. The molecule has 2 aromatic heterocycles. The van der Waals surface area contributed by atoms with Crippen molar-refractivity contribution in [3.63, 3.8) is 0 Å². The Kier molecular flexibility index (Phi) is 3.58. The molecule has 22 heavy (non-hydrogen) atoms. The van der Waals surface area contributed by atoms with Crippen LogP contribution in [0, 0.1) is 18.3 Å². The van der Waals surface area contributed by atoms with E-state index in [9.17, 15) is 5.26 Å². The number of nitriles is 1. The molecular weight excluding hydrogens is 296 g/mol. The van der Waals surface area contributed by atoms with Crippen molar-refractivity contribution in [2.24, 2.45) is 0 Å². The summed E-state index contributed by atoms with van der Waals surface area (Å²) in [6.07, 6.45) is 1.81. The van der Waals surface area contributed by atoms with Crippen LogP contribution in [0.15, 0.2) is 42.6 Å². The number of nitrogens with one attached hydrogen (secondary N) is 1. The van der Waals surface area contributed by atoms with E-state index in [1.807, 2.05) is 37.4 Å². The second kappa shape index (κ2) is 5.55. The minimum absolute atomic E-state index is 0.225. The van der Waals surface area contributed by atoms with Gasteiger partial charge in [-0.2, -0.15) is 5.26 Å². The van der Waals surface area contributed by atoms with E-state index in [0.29, 0.717) is 10.6 Å². The number of nitrogens with zero attached hydrogens (tertiary/aromatic N) is 2. The first-order valence-electron chi connectivity index (χ1n) is 6.71. The first kappa shape index (κ1) is 14.2. The van der Waals surface area contributed by atoms with Gasteiger partial charge in [0.15, 0.2) is 0 Å². The molecule has 0 saturated heterocycles. The second-order valence-electron chi connectivity index (χ2n) is 4.92. The van der Waals surface area contributed by atoms with Crippen LogP contribution >= 0.6 is 11.6 Å². The molecule has 0 radical (unpaired) electrons. The summed E-state index contributed by atoms with van der Waals surface area (Å²) in [5.74, 6) is 0.225. The number of rotatable bonds is 2. The number of hydrogen-bond donors (Lipinski definition) is 2. The Balaban J connectivity index is 2.30. The maximum atomic E-state index is 9.42. The number of aromatic nitrogens is 2. The lowest BCUT2D eigenvalue weighted by Crippen LogP contribution is -2.03. The molecule has 1 aromatic carbocycles. The second-order valence-corrected chi connectivity index (χ2v) is 5.36. The smallest absolute Gasteiger partial charge is 0.142 e. The number of nitrogen functional groups attached to an aromatic ring is 1. The van der Waals surface area contributed by atoms with Crippen molar-refractivity contribution in [3.05, 3.63) is 58.7 Å². The quantitative estimate of drug-likeness (QED) is 0.746. The Morgan fingerprint density at radius 2 is 1.95 bits per heavy atom. The third-order valence-corrected chi connectivity index (χ3v) is 3.82. The lowest BCUT2D eigenvalue weighted by atomic mass is 9.96. The van der Waals surface area contributed by atoms with Gasteiger partial charge in [0.05, 0.1) is 5.69 Å². The summed E-state index contributed by atoms with van der Waals surface area (Å²) in [4.78, 5) is 7.54. The predicted octanol–water partition coefficient (Wildman–Crippen LogP) is 4.16. The first-order valence-corrected chi connectivity index (χ1v) is 7.09. The zero-order valence-corrected chi connectivity index (χ0v) is 12.6. The van der Waals surface area contributed by atoms with E-state index in [2.05, 4.69) is 16.0 Å². The van der Waals surface area contributed by atoms with Crippen LogP contribution in [0.4, 0.5) is 5.82 Å². The number of halogens is 1. The highest BCUT2D eigenvalue weighted by atomic mass is 35.5. The van der Waals surface area contributed by atoms with Gasteiger partial charge in [0.1, 0.15) is 17.5 Å². The van der Waals surface area contributed by atoms with Crippen molar-refractivity contribution >= 4 is 17.4 Å². The Bertz CT molecular complexity index is 859. The van der Waals surface area contributed by atoms with Crippen LogP contribution in [0.25, 0.3) is 22.5 Å². The van der Waals surface area contributed by atoms with Gasteiger partial charge in [0.2, 0.25) is 0 Å². The number of pyridine rings is 1. The SMILES string of the molecule is Cc1c(-c2ccc(Cl)cc2)nc(N)c(C#N)c1-c1ccc[nH]1. The number of benzene rings is 1. The fourth-order valence-corrected chi connectivity index (χ4v) is 2.64. The highest BCUT2D eigenvalue weighted by Gasteiger charge is 2.18. The molecule has 0 unspecified atom stereocenters. The van der Waals surface area contributed by atoms with E-state index >= 15 is 0 Å². The van der Waals surface area contributed by atoms with Gasteiger partial charge in [-0.15, -0.1) is 0 Å². The first-order chi connectivity index (χ1) is 10.6. The van der Waals surface area contributed by atoms with Crippen LogP contribution in [-0.4, -0.2) is 9.97 Å². The zero-order valence-electron chi connectivity index (χ0n) is 11.9. The minimum atomic E-state index is 0.225.